The summed E-state index contributed by atoms with van der Waals surface area (Å²) in [6.07, 6.45) is 4.81. The third-order valence-corrected chi connectivity index (χ3v) is 8.39. The summed E-state index contributed by atoms with van der Waals surface area (Å²) in [7, 11) is -3.69. The topological polar surface area (TPSA) is 84.0 Å². The molecule has 0 N–H and O–H groups in total. The number of nitrogens with zero attached hydrogens (tertiary/aromatic N) is 2. The van der Waals surface area contributed by atoms with Crippen molar-refractivity contribution in [3.63, 3.8) is 0 Å². The van der Waals surface area contributed by atoms with Gasteiger partial charge in [0.05, 0.1) is 30.5 Å². The van der Waals surface area contributed by atoms with E-state index in [9.17, 15) is 13.2 Å². The molecule has 7 nitrogen and oxygen atoms in total. The van der Waals surface area contributed by atoms with Crippen molar-refractivity contribution in [2.75, 3.05) is 13.1 Å². The SMILES string of the molecule is Cc1cc(C(=O)N(Cc2ccco2)Cc2ccco2)cc(S(=O)(=O)N2CCC(C)CC2)c1C. The highest BCUT2D eigenvalue weighted by molar-refractivity contribution is 7.89. The van der Waals surface area contributed by atoms with Crippen LogP contribution in [-0.4, -0.2) is 36.6 Å². The summed E-state index contributed by atoms with van der Waals surface area (Å²) in [4.78, 5) is 15.4. The Bertz CT molecular complexity index is 1160. The Kier molecular flexibility index (Phi) is 6.76. The largest absolute Gasteiger partial charge is 0.467 e. The summed E-state index contributed by atoms with van der Waals surface area (Å²) >= 11 is 0. The molecular weight excluding hydrogens is 440 g/mol. The van der Waals surface area contributed by atoms with Gasteiger partial charge < -0.3 is 13.7 Å². The molecule has 1 fully saturated rings. The van der Waals surface area contributed by atoms with Crippen LogP contribution in [-0.2, 0) is 23.1 Å². The molecule has 176 valence electrons. The molecule has 0 saturated carbocycles. The molecule has 3 aromatic rings. The molecule has 0 radical (unpaired) electrons. The number of amides is 1. The lowest BCUT2D eigenvalue weighted by molar-refractivity contribution is 0.0704. The van der Waals surface area contributed by atoms with E-state index in [2.05, 4.69) is 6.92 Å². The first-order valence-electron chi connectivity index (χ1n) is 11.2. The molecule has 0 unspecified atom stereocenters. The van der Waals surface area contributed by atoms with Gasteiger partial charge in [-0.1, -0.05) is 6.92 Å². The molecule has 1 saturated heterocycles. The first-order valence-corrected chi connectivity index (χ1v) is 12.6. The summed E-state index contributed by atoms with van der Waals surface area (Å²) in [5.41, 5.74) is 1.77. The summed E-state index contributed by atoms with van der Waals surface area (Å²) in [5.74, 6) is 1.50. The fourth-order valence-corrected chi connectivity index (χ4v) is 5.94. The minimum atomic E-state index is -3.69. The summed E-state index contributed by atoms with van der Waals surface area (Å²) in [6.45, 7) is 7.27. The van der Waals surface area contributed by atoms with Gasteiger partial charge in [-0.05, 0) is 80.1 Å². The molecular formula is C25H30N2O5S. The van der Waals surface area contributed by atoms with Crippen molar-refractivity contribution >= 4 is 15.9 Å². The molecule has 33 heavy (non-hydrogen) atoms. The highest BCUT2D eigenvalue weighted by Gasteiger charge is 2.31. The number of rotatable bonds is 7. The molecule has 3 heterocycles. The van der Waals surface area contributed by atoms with E-state index in [0.29, 0.717) is 41.7 Å². The average Bonchev–Trinajstić information content (AvgIpc) is 3.49. The summed E-state index contributed by atoms with van der Waals surface area (Å²) in [6, 6.07) is 10.4. The van der Waals surface area contributed by atoms with Gasteiger partial charge in [0.1, 0.15) is 11.5 Å². The van der Waals surface area contributed by atoms with Crippen LogP contribution in [0.25, 0.3) is 0 Å². The fourth-order valence-electron chi connectivity index (χ4n) is 4.15. The first kappa shape index (κ1) is 23.3. The highest BCUT2D eigenvalue weighted by Crippen LogP contribution is 2.29. The van der Waals surface area contributed by atoms with Gasteiger partial charge in [-0.15, -0.1) is 0 Å². The molecule has 4 rings (SSSR count). The summed E-state index contributed by atoms with van der Waals surface area (Å²) < 4.78 is 39.4. The van der Waals surface area contributed by atoms with Gasteiger partial charge in [-0.3, -0.25) is 4.79 Å². The maximum atomic E-state index is 13.6. The molecule has 0 atom stereocenters. The van der Waals surface area contributed by atoms with E-state index in [1.54, 1.807) is 59.0 Å². The molecule has 1 amide bonds. The van der Waals surface area contributed by atoms with Gasteiger partial charge in [-0.2, -0.15) is 4.31 Å². The molecule has 1 aliphatic rings. The maximum absolute atomic E-state index is 13.6. The van der Waals surface area contributed by atoms with Crippen molar-refractivity contribution in [3.8, 4) is 0 Å². The van der Waals surface area contributed by atoms with Crippen molar-refractivity contribution in [2.45, 2.75) is 51.6 Å². The Morgan fingerprint density at radius 3 is 2.12 bits per heavy atom. The van der Waals surface area contributed by atoms with E-state index < -0.39 is 10.0 Å². The van der Waals surface area contributed by atoms with Gasteiger partial charge in [0.2, 0.25) is 10.0 Å². The van der Waals surface area contributed by atoms with Gasteiger partial charge in [0, 0.05) is 18.7 Å². The molecule has 1 aromatic carbocycles. The van der Waals surface area contributed by atoms with Crippen molar-refractivity contribution in [3.05, 3.63) is 77.1 Å². The Balaban J connectivity index is 1.68. The monoisotopic (exact) mass is 470 g/mol. The van der Waals surface area contributed by atoms with Crippen LogP contribution in [0, 0.1) is 19.8 Å². The predicted octanol–water partition coefficient (Wildman–Crippen LogP) is 4.75. The number of sulfonamides is 1. The Hall–Kier alpha value is -2.84. The van der Waals surface area contributed by atoms with E-state index in [1.807, 2.05) is 6.92 Å². The van der Waals surface area contributed by atoms with E-state index in [1.165, 1.54) is 6.07 Å². The standard InChI is InChI=1S/C25H30N2O5S/c1-18-8-10-27(11-9-18)33(29,30)24-15-21(14-19(2)20(24)3)25(28)26(16-22-6-4-12-31-22)17-23-7-5-13-32-23/h4-7,12-15,18H,8-11,16-17H2,1-3H3. The van der Waals surface area contributed by atoms with Crippen LogP contribution >= 0.6 is 0 Å². The van der Waals surface area contributed by atoms with E-state index >= 15 is 0 Å². The number of piperidine rings is 1. The fraction of sp³-hybridized carbons (Fsp3) is 0.400. The minimum Gasteiger partial charge on any atom is -0.467 e. The van der Waals surface area contributed by atoms with Gasteiger partial charge in [-0.25, -0.2) is 8.42 Å². The zero-order valence-electron chi connectivity index (χ0n) is 19.3. The molecule has 0 spiro atoms. The Morgan fingerprint density at radius 2 is 1.61 bits per heavy atom. The van der Waals surface area contributed by atoms with Crippen LogP contribution in [0.2, 0.25) is 0 Å². The Labute approximate surface area is 195 Å². The van der Waals surface area contributed by atoms with Crippen LogP contribution < -0.4 is 0 Å². The third-order valence-electron chi connectivity index (χ3n) is 6.37. The van der Waals surface area contributed by atoms with Crippen LogP contribution in [0.1, 0.15) is 52.8 Å². The van der Waals surface area contributed by atoms with Gasteiger partial charge in [0.25, 0.3) is 5.91 Å². The number of aryl methyl sites for hydroxylation is 1. The van der Waals surface area contributed by atoms with Crippen molar-refractivity contribution in [1.29, 1.82) is 0 Å². The van der Waals surface area contributed by atoms with E-state index in [0.717, 1.165) is 18.4 Å². The number of hydrogen-bond donors (Lipinski definition) is 0. The number of benzene rings is 1. The molecule has 1 aliphatic heterocycles. The molecule has 2 aromatic heterocycles. The number of hydrogen-bond acceptors (Lipinski definition) is 5. The molecule has 8 heteroatoms. The van der Waals surface area contributed by atoms with Gasteiger partial charge >= 0.3 is 0 Å². The molecule has 0 bridgehead atoms. The first-order chi connectivity index (χ1) is 15.8. The van der Waals surface area contributed by atoms with E-state index in [-0.39, 0.29) is 23.9 Å². The maximum Gasteiger partial charge on any atom is 0.254 e. The quantitative estimate of drug-likeness (QED) is 0.497. The average molecular weight is 471 g/mol. The lowest BCUT2D eigenvalue weighted by Crippen LogP contribution is -2.38. The zero-order valence-corrected chi connectivity index (χ0v) is 20.1. The smallest absolute Gasteiger partial charge is 0.254 e. The second-order valence-corrected chi connectivity index (χ2v) is 10.7. The van der Waals surface area contributed by atoms with Crippen LogP contribution in [0.5, 0.6) is 0 Å². The molecule has 0 aliphatic carbocycles. The van der Waals surface area contributed by atoms with Crippen LogP contribution in [0.3, 0.4) is 0 Å². The number of furan rings is 2. The third kappa shape index (κ3) is 5.07. The van der Waals surface area contributed by atoms with Crippen LogP contribution in [0.15, 0.2) is 62.7 Å². The van der Waals surface area contributed by atoms with E-state index in [4.69, 9.17) is 8.83 Å². The second kappa shape index (κ2) is 9.57. The lowest BCUT2D eigenvalue weighted by atomic mass is 10.0. The van der Waals surface area contributed by atoms with Crippen molar-refractivity contribution < 1.29 is 22.0 Å². The van der Waals surface area contributed by atoms with Crippen LogP contribution in [0.4, 0.5) is 0 Å². The predicted molar refractivity (Wildman–Crippen MR) is 124 cm³/mol. The van der Waals surface area contributed by atoms with Crippen molar-refractivity contribution in [2.24, 2.45) is 5.92 Å². The van der Waals surface area contributed by atoms with Crippen molar-refractivity contribution in [1.82, 2.24) is 9.21 Å². The normalized spacial score (nSPS) is 15.6. The highest BCUT2D eigenvalue weighted by atomic mass is 32.2. The summed E-state index contributed by atoms with van der Waals surface area (Å²) in [5, 5.41) is 0. The second-order valence-electron chi connectivity index (χ2n) is 8.82. The van der Waals surface area contributed by atoms with Gasteiger partial charge in [0.15, 0.2) is 0 Å². The number of carbonyl (C=O) groups excluding carboxylic acids is 1. The lowest BCUT2D eigenvalue weighted by Gasteiger charge is -2.30. The zero-order chi connectivity index (χ0) is 23.6. The minimum absolute atomic E-state index is 0.205. The number of carbonyl (C=O) groups is 1. The Morgan fingerprint density at radius 1 is 1.03 bits per heavy atom.